The number of ether oxygens (including phenoxy) is 1. The molecule has 1 aliphatic heterocycles. The largest absolute Gasteiger partial charge is 0.378 e. The van der Waals surface area contributed by atoms with E-state index in [2.05, 4.69) is 18.3 Å². The van der Waals surface area contributed by atoms with Crippen molar-refractivity contribution in [2.75, 3.05) is 11.9 Å². The highest BCUT2D eigenvalue weighted by atomic mass is 16.5. The van der Waals surface area contributed by atoms with Crippen LogP contribution >= 0.6 is 0 Å². The summed E-state index contributed by atoms with van der Waals surface area (Å²) in [5, 5.41) is 3.01. The van der Waals surface area contributed by atoms with Crippen molar-refractivity contribution in [1.82, 2.24) is 0 Å². The summed E-state index contributed by atoms with van der Waals surface area (Å²) in [4.78, 5) is 12.1. The lowest BCUT2D eigenvalue weighted by atomic mass is 9.98. The molecule has 3 heteroatoms. The summed E-state index contributed by atoms with van der Waals surface area (Å²) in [5.74, 6) is 0.365. The van der Waals surface area contributed by atoms with E-state index in [1.165, 1.54) is 0 Å². The number of carbonyl (C=O) groups is 1. The Morgan fingerprint density at radius 3 is 2.95 bits per heavy atom. The highest BCUT2D eigenvalue weighted by Gasteiger charge is 2.24. The number of hydrogen-bond acceptors (Lipinski definition) is 2. The first-order chi connectivity index (χ1) is 9.06. The molecule has 1 saturated heterocycles. The molecular formula is C16H23NO2. The second-order valence-electron chi connectivity index (χ2n) is 5.60. The van der Waals surface area contributed by atoms with Crippen LogP contribution < -0.4 is 5.32 Å². The maximum atomic E-state index is 12.1. The Bertz CT molecular complexity index is 450. The molecule has 1 N–H and O–H groups in total. The molecule has 1 amide bonds. The van der Waals surface area contributed by atoms with E-state index in [1.54, 1.807) is 0 Å². The van der Waals surface area contributed by atoms with Crippen molar-refractivity contribution in [3.8, 4) is 0 Å². The number of amides is 1. The van der Waals surface area contributed by atoms with Gasteiger partial charge < -0.3 is 10.1 Å². The second-order valence-corrected chi connectivity index (χ2v) is 5.60. The topological polar surface area (TPSA) is 38.3 Å². The lowest BCUT2D eigenvalue weighted by Crippen LogP contribution is -2.23. The molecule has 0 radical (unpaired) electrons. The van der Waals surface area contributed by atoms with Gasteiger partial charge in [-0.1, -0.05) is 19.1 Å². The maximum Gasteiger partial charge on any atom is 0.224 e. The third-order valence-corrected chi connectivity index (χ3v) is 3.77. The molecule has 1 fully saturated rings. The van der Waals surface area contributed by atoms with E-state index in [1.807, 2.05) is 26.0 Å². The van der Waals surface area contributed by atoms with Crippen LogP contribution in [0.15, 0.2) is 18.2 Å². The molecule has 1 aromatic rings. The number of hydrogen-bond donors (Lipinski definition) is 1. The van der Waals surface area contributed by atoms with Gasteiger partial charge in [0, 0.05) is 18.7 Å². The van der Waals surface area contributed by atoms with Gasteiger partial charge in [-0.3, -0.25) is 4.79 Å². The molecule has 0 bridgehead atoms. The highest BCUT2D eigenvalue weighted by molar-refractivity contribution is 5.91. The van der Waals surface area contributed by atoms with Gasteiger partial charge in [0.05, 0.1) is 6.10 Å². The molecule has 0 spiro atoms. The van der Waals surface area contributed by atoms with E-state index in [9.17, 15) is 4.79 Å². The van der Waals surface area contributed by atoms with Crippen LogP contribution in [-0.4, -0.2) is 18.6 Å². The molecule has 0 saturated carbocycles. The number of carbonyl (C=O) groups excluding carboxylic acids is 1. The molecule has 3 nitrogen and oxygen atoms in total. The summed E-state index contributed by atoms with van der Waals surface area (Å²) in [5.41, 5.74) is 3.18. The van der Waals surface area contributed by atoms with Gasteiger partial charge in [0.15, 0.2) is 0 Å². The molecule has 1 aliphatic rings. The van der Waals surface area contributed by atoms with Crippen LogP contribution in [0, 0.1) is 19.8 Å². The third kappa shape index (κ3) is 3.80. The molecule has 104 valence electrons. The summed E-state index contributed by atoms with van der Waals surface area (Å²) in [7, 11) is 0. The Morgan fingerprint density at radius 1 is 1.47 bits per heavy atom. The average Bonchev–Trinajstić information content (AvgIpc) is 2.87. The van der Waals surface area contributed by atoms with Gasteiger partial charge in [-0.15, -0.1) is 0 Å². The van der Waals surface area contributed by atoms with Gasteiger partial charge in [-0.25, -0.2) is 0 Å². The van der Waals surface area contributed by atoms with Crippen LogP contribution in [0.5, 0.6) is 0 Å². The second kappa shape index (κ2) is 6.20. The van der Waals surface area contributed by atoms with Crippen molar-refractivity contribution >= 4 is 11.6 Å². The summed E-state index contributed by atoms with van der Waals surface area (Å²) in [6.07, 6.45) is 2.98. The number of anilines is 1. The van der Waals surface area contributed by atoms with Gasteiger partial charge in [0.25, 0.3) is 0 Å². The van der Waals surface area contributed by atoms with Gasteiger partial charge in [-0.2, -0.15) is 0 Å². The van der Waals surface area contributed by atoms with E-state index in [4.69, 9.17) is 4.74 Å². The van der Waals surface area contributed by atoms with Crippen molar-refractivity contribution < 1.29 is 9.53 Å². The lowest BCUT2D eigenvalue weighted by Gasteiger charge is -2.18. The maximum absolute atomic E-state index is 12.1. The Kier molecular flexibility index (Phi) is 4.59. The number of benzene rings is 1. The molecular weight excluding hydrogens is 238 g/mol. The molecule has 1 aromatic carbocycles. The van der Waals surface area contributed by atoms with Gasteiger partial charge in [0.2, 0.25) is 5.91 Å². The zero-order chi connectivity index (χ0) is 13.8. The first-order valence-corrected chi connectivity index (χ1v) is 7.05. The summed E-state index contributed by atoms with van der Waals surface area (Å²) < 4.78 is 5.63. The van der Waals surface area contributed by atoms with Crippen LogP contribution in [0.3, 0.4) is 0 Å². The average molecular weight is 261 g/mol. The Labute approximate surface area is 115 Å². The fourth-order valence-corrected chi connectivity index (χ4v) is 2.55. The number of nitrogens with one attached hydrogen (secondary N) is 1. The van der Waals surface area contributed by atoms with E-state index in [0.717, 1.165) is 36.3 Å². The molecule has 1 heterocycles. The minimum absolute atomic E-state index is 0.0803. The minimum atomic E-state index is 0.0803. The van der Waals surface area contributed by atoms with Crippen LogP contribution in [0.25, 0.3) is 0 Å². The summed E-state index contributed by atoms with van der Waals surface area (Å²) in [6.45, 7) is 6.98. The summed E-state index contributed by atoms with van der Waals surface area (Å²) >= 11 is 0. The first-order valence-electron chi connectivity index (χ1n) is 7.05. The first kappa shape index (κ1) is 14.1. The fourth-order valence-electron chi connectivity index (χ4n) is 2.55. The highest BCUT2D eigenvalue weighted by Crippen LogP contribution is 2.23. The zero-order valence-corrected chi connectivity index (χ0v) is 12.0. The molecule has 19 heavy (non-hydrogen) atoms. The summed E-state index contributed by atoms with van der Waals surface area (Å²) in [6, 6.07) is 6.11. The molecule has 2 unspecified atom stereocenters. The molecule has 2 atom stereocenters. The van der Waals surface area contributed by atoms with Crippen LogP contribution in [0.4, 0.5) is 5.69 Å². The van der Waals surface area contributed by atoms with Crippen LogP contribution in [0.2, 0.25) is 0 Å². The number of rotatable bonds is 4. The van der Waals surface area contributed by atoms with E-state index in [0.29, 0.717) is 6.42 Å². The Balaban J connectivity index is 1.91. The van der Waals surface area contributed by atoms with Crippen molar-refractivity contribution in [2.45, 2.75) is 46.1 Å². The Hall–Kier alpha value is -1.35. The zero-order valence-electron chi connectivity index (χ0n) is 12.0. The van der Waals surface area contributed by atoms with Crippen molar-refractivity contribution in [2.24, 2.45) is 5.92 Å². The van der Waals surface area contributed by atoms with Crippen LogP contribution in [0.1, 0.15) is 37.3 Å². The van der Waals surface area contributed by atoms with Crippen molar-refractivity contribution in [3.63, 3.8) is 0 Å². The molecule has 0 aliphatic carbocycles. The number of aryl methyl sites for hydroxylation is 2. The molecule has 2 rings (SSSR count). The molecule has 0 aromatic heterocycles. The standard InChI is InChI=1S/C16H23NO2/c1-11-6-7-12(2)14(9-11)17-16(18)10-13(3)15-5-4-8-19-15/h6-7,9,13,15H,4-5,8,10H2,1-3H3,(H,17,18). The third-order valence-electron chi connectivity index (χ3n) is 3.77. The van der Waals surface area contributed by atoms with Gasteiger partial charge >= 0.3 is 0 Å². The van der Waals surface area contributed by atoms with E-state index < -0.39 is 0 Å². The fraction of sp³-hybridized carbons (Fsp3) is 0.562. The van der Waals surface area contributed by atoms with Crippen molar-refractivity contribution in [3.05, 3.63) is 29.3 Å². The quantitative estimate of drug-likeness (QED) is 0.901. The van der Waals surface area contributed by atoms with Gasteiger partial charge in [0.1, 0.15) is 0 Å². The SMILES string of the molecule is Cc1ccc(C)c(NC(=O)CC(C)C2CCCO2)c1. The smallest absolute Gasteiger partial charge is 0.224 e. The van der Waals surface area contributed by atoms with Crippen LogP contribution in [-0.2, 0) is 9.53 Å². The lowest BCUT2D eigenvalue weighted by molar-refractivity contribution is -0.117. The van der Waals surface area contributed by atoms with E-state index in [-0.39, 0.29) is 17.9 Å². The normalized spacial score (nSPS) is 20.3. The predicted molar refractivity (Wildman–Crippen MR) is 77.3 cm³/mol. The predicted octanol–water partition coefficient (Wildman–Crippen LogP) is 3.45. The van der Waals surface area contributed by atoms with Crippen molar-refractivity contribution in [1.29, 1.82) is 0 Å². The van der Waals surface area contributed by atoms with E-state index >= 15 is 0 Å². The minimum Gasteiger partial charge on any atom is -0.378 e. The Morgan fingerprint density at radius 2 is 2.26 bits per heavy atom. The monoisotopic (exact) mass is 261 g/mol. The van der Waals surface area contributed by atoms with Gasteiger partial charge in [-0.05, 0) is 49.8 Å².